The first-order chi connectivity index (χ1) is 55.7. The molecule has 6 heterocycles. The molecular formula is C96H76N4O8S4Si. The van der Waals surface area contributed by atoms with Crippen molar-refractivity contribution in [3.05, 3.63) is 315 Å². The van der Waals surface area contributed by atoms with Crippen LogP contribution in [-0.4, -0.2) is 65.0 Å². The lowest BCUT2D eigenvalue weighted by Gasteiger charge is -2.29. The molecule has 12 aromatic carbocycles. The van der Waals surface area contributed by atoms with Gasteiger partial charge >= 0.3 is 0 Å². The number of hydrogen-bond acceptors (Lipinski definition) is 16. The largest absolute Gasteiger partial charge is 0.495 e. The molecule has 2 aliphatic heterocycles. The third kappa shape index (κ3) is 12.4. The van der Waals surface area contributed by atoms with Gasteiger partial charge < -0.3 is 37.9 Å². The van der Waals surface area contributed by atoms with Crippen LogP contribution in [0, 0.1) is 0 Å². The second-order valence-corrected chi connectivity index (χ2v) is 35.0. The van der Waals surface area contributed by atoms with E-state index in [0.717, 1.165) is 153 Å². The van der Waals surface area contributed by atoms with Crippen LogP contribution in [0.1, 0.15) is 0 Å². The molecule has 18 rings (SSSR count). The van der Waals surface area contributed by atoms with Crippen molar-refractivity contribution in [2.75, 3.05) is 76.5 Å². The minimum Gasteiger partial charge on any atom is -0.495 e. The van der Waals surface area contributed by atoms with E-state index in [0.29, 0.717) is 0 Å². The van der Waals surface area contributed by atoms with Crippen LogP contribution in [0.4, 0.5) is 65.5 Å². The van der Waals surface area contributed by atoms with Crippen molar-refractivity contribution in [2.24, 2.45) is 0 Å². The van der Waals surface area contributed by atoms with Crippen molar-refractivity contribution in [1.29, 1.82) is 0 Å². The zero-order valence-corrected chi connectivity index (χ0v) is 67.5. The van der Waals surface area contributed by atoms with E-state index in [4.69, 9.17) is 37.9 Å². The van der Waals surface area contributed by atoms with E-state index in [1.807, 2.05) is 97.1 Å². The highest BCUT2D eigenvalue weighted by Crippen LogP contribution is 2.54. The molecule has 0 saturated carbocycles. The number of benzene rings is 12. The first-order valence-corrected chi connectivity index (χ1v) is 42.2. The predicted octanol–water partition coefficient (Wildman–Crippen LogP) is 23.9. The van der Waals surface area contributed by atoms with Crippen LogP contribution in [0.25, 0.3) is 64.0 Å². The van der Waals surface area contributed by atoms with E-state index < -0.39 is 8.07 Å². The van der Waals surface area contributed by atoms with E-state index in [1.54, 1.807) is 102 Å². The number of nitrogens with zero attached hydrogens (tertiary/aromatic N) is 4. The molecule has 1 spiro atoms. The molecule has 0 radical (unpaired) electrons. The minimum atomic E-state index is -3.54. The summed E-state index contributed by atoms with van der Waals surface area (Å²) in [5, 5.41) is 9.28. The third-order valence-electron chi connectivity index (χ3n) is 21.3. The normalized spacial score (nSPS) is 12.0. The summed E-state index contributed by atoms with van der Waals surface area (Å²) in [5.41, 5.74) is 16.5. The van der Waals surface area contributed by atoms with Gasteiger partial charge in [0.2, 0.25) is 0 Å². The van der Waals surface area contributed by atoms with Gasteiger partial charge in [-0.3, -0.25) is 19.6 Å². The van der Waals surface area contributed by atoms with Gasteiger partial charge in [-0.2, -0.15) is 0 Å². The van der Waals surface area contributed by atoms with E-state index in [1.165, 1.54) is 43.0 Å². The lowest BCUT2D eigenvalue weighted by atomic mass is 10.0. The Morgan fingerprint density at radius 2 is 0.363 bits per heavy atom. The summed E-state index contributed by atoms with van der Waals surface area (Å²) in [5.74, 6) is 5.93. The fourth-order valence-corrected chi connectivity index (χ4v) is 26.1. The van der Waals surface area contributed by atoms with Crippen LogP contribution < -0.4 is 78.2 Å². The first-order valence-electron chi connectivity index (χ1n) is 36.9. The molecular weight excluding hydrogens is 1490 g/mol. The summed E-state index contributed by atoms with van der Waals surface area (Å²) < 4.78 is 49.0. The van der Waals surface area contributed by atoms with Crippen LogP contribution in [-0.2, 0) is 0 Å². The Bertz CT molecular complexity index is 5320. The standard InChI is InChI=1S/C96H76N4O8S4Si/c1-101-77-33-17-9-25-69(77)97(70-26-10-18-34-78(70)102-2)93-53-49-85(109-93)61-41-45-65-66-46-42-62(86-50-54-94(110-86)98(71-27-11-19-35-79(71)103-3)72-28-12-20-36-80(72)104-4)58-90(66)113(89(65)57-61)91-59-63(87-51-55-95(111-87)99(73-29-13-21-37-81(73)105-5)74-30-14-22-38-82(74)106-6)43-47-67(91)68-48-44-64(60-92(68)113)88-52-56-96(112-88)100(75-31-15-23-39-83(75)107-7)76-32-16-24-40-84(76)108-8/h9-60H,1-8H3. The van der Waals surface area contributed by atoms with Gasteiger partial charge in [-0.15, -0.1) is 45.3 Å². The Morgan fingerprint density at radius 1 is 0.195 bits per heavy atom. The highest BCUT2D eigenvalue weighted by molar-refractivity contribution is 7.25. The highest BCUT2D eigenvalue weighted by atomic mass is 32.1. The van der Waals surface area contributed by atoms with Gasteiger partial charge in [0, 0.05) is 19.5 Å². The zero-order chi connectivity index (χ0) is 76.8. The van der Waals surface area contributed by atoms with Gasteiger partial charge in [0.25, 0.3) is 0 Å². The maximum atomic E-state index is 6.13. The summed E-state index contributed by atoms with van der Waals surface area (Å²) in [7, 11) is 10.3. The molecule has 0 amide bonds. The van der Waals surface area contributed by atoms with Crippen LogP contribution in [0.3, 0.4) is 0 Å². The Kier molecular flexibility index (Phi) is 19.4. The van der Waals surface area contributed by atoms with Crippen molar-refractivity contribution in [3.8, 4) is 110 Å². The molecule has 2 aliphatic rings. The summed E-state index contributed by atoms with van der Waals surface area (Å²) in [6, 6.07) is 113. The number of thiophene rings is 4. The summed E-state index contributed by atoms with van der Waals surface area (Å²) in [6.45, 7) is 0. The van der Waals surface area contributed by atoms with Gasteiger partial charge in [-0.05, 0) is 211 Å². The Labute approximate surface area is 674 Å². The Hall–Kier alpha value is -12.7. The zero-order valence-electron chi connectivity index (χ0n) is 63.2. The molecule has 0 atom stereocenters. The smallest absolute Gasteiger partial charge is 0.182 e. The lowest BCUT2D eigenvalue weighted by molar-refractivity contribution is 0.412. The second kappa shape index (κ2) is 30.5. The molecule has 0 saturated heterocycles. The summed E-state index contributed by atoms with van der Waals surface area (Å²) in [6.07, 6.45) is 0. The molecule has 17 heteroatoms. The minimum absolute atomic E-state index is 0.741. The monoisotopic (exact) mass is 1570 g/mol. The van der Waals surface area contributed by atoms with E-state index in [-0.39, 0.29) is 0 Å². The second-order valence-electron chi connectivity index (χ2n) is 27.1. The molecule has 4 aromatic heterocycles. The highest BCUT2D eigenvalue weighted by Gasteiger charge is 2.55. The average Bonchev–Trinajstić information content (AvgIpc) is 1.50. The lowest BCUT2D eigenvalue weighted by Crippen LogP contribution is -2.70. The summed E-state index contributed by atoms with van der Waals surface area (Å²) >= 11 is 6.98. The van der Waals surface area contributed by atoms with E-state index >= 15 is 0 Å². The number of fused-ring (bicyclic) bond motifs is 10. The molecule has 556 valence electrons. The number of rotatable bonds is 24. The molecule has 0 bridgehead atoms. The maximum Gasteiger partial charge on any atom is 0.182 e. The molecule has 0 unspecified atom stereocenters. The number of anilines is 12. The molecule has 0 fully saturated rings. The number of methoxy groups -OCH3 is 8. The van der Waals surface area contributed by atoms with Crippen molar-refractivity contribution in [3.63, 3.8) is 0 Å². The fraction of sp³-hybridized carbons (Fsp3) is 0.0833. The van der Waals surface area contributed by atoms with Gasteiger partial charge in [-0.25, -0.2) is 0 Å². The molecule has 0 aliphatic carbocycles. The van der Waals surface area contributed by atoms with Gasteiger partial charge in [0.15, 0.2) is 8.07 Å². The van der Waals surface area contributed by atoms with Crippen molar-refractivity contribution < 1.29 is 37.9 Å². The van der Waals surface area contributed by atoms with E-state index in [2.05, 4.69) is 238 Å². The van der Waals surface area contributed by atoms with E-state index in [9.17, 15) is 0 Å². The van der Waals surface area contributed by atoms with Crippen LogP contribution in [0.2, 0.25) is 0 Å². The summed E-state index contributed by atoms with van der Waals surface area (Å²) in [4.78, 5) is 13.5. The SMILES string of the molecule is COc1ccccc1N(c1ccc(-c2ccc3c(c2)[Si]2(c4cc(-c5ccc(N(c6ccccc6OC)c6ccccc6OC)s5)ccc4-3)c3cc(-c4ccc(N(c5ccccc5OC)c5ccccc5OC)s4)ccc3-c3ccc(-c4ccc(N(c5ccccc5OC)c5ccccc5OC)s4)cc32)s1)c1ccccc1OC. The third-order valence-corrected chi connectivity index (χ3v) is 30.6. The topological polar surface area (TPSA) is 86.8 Å². The Balaban J connectivity index is 0.872. The first kappa shape index (κ1) is 71.8. The van der Waals surface area contributed by atoms with Crippen molar-refractivity contribution in [2.45, 2.75) is 0 Å². The van der Waals surface area contributed by atoms with Crippen LogP contribution in [0.15, 0.2) is 315 Å². The molecule has 0 N–H and O–H groups in total. The number of ether oxygens (including phenoxy) is 8. The van der Waals surface area contributed by atoms with Crippen molar-refractivity contribution in [1.82, 2.24) is 0 Å². The molecule has 12 nitrogen and oxygen atoms in total. The molecule has 113 heavy (non-hydrogen) atoms. The van der Waals surface area contributed by atoms with Crippen molar-refractivity contribution >= 4 is 140 Å². The maximum absolute atomic E-state index is 6.13. The fourth-order valence-electron chi connectivity index (χ4n) is 16.2. The van der Waals surface area contributed by atoms with Gasteiger partial charge in [0.05, 0.1) is 102 Å². The number of hydrogen-bond donors (Lipinski definition) is 0. The van der Waals surface area contributed by atoms with Gasteiger partial charge in [0.1, 0.15) is 66.0 Å². The molecule has 16 aromatic rings. The predicted molar refractivity (Wildman–Crippen MR) is 472 cm³/mol. The quantitative estimate of drug-likeness (QED) is 0.0540. The average molecular weight is 1570 g/mol. The number of para-hydroxylation sites is 16. The van der Waals surface area contributed by atoms with Crippen LogP contribution in [0.5, 0.6) is 46.0 Å². The van der Waals surface area contributed by atoms with Crippen LogP contribution >= 0.6 is 45.3 Å². The Morgan fingerprint density at radius 3 is 0.531 bits per heavy atom. The van der Waals surface area contributed by atoms with Gasteiger partial charge in [-0.1, -0.05) is 170 Å².